The molecular formula is C25H51N7O10. The summed E-state index contributed by atoms with van der Waals surface area (Å²) in [5, 5.41) is 56.0. The average Bonchev–Trinajstić information content (AvgIpc) is 2.95. The Morgan fingerprint density at radius 3 is 2.10 bits per heavy atom. The molecule has 16 N–H and O–H groups in total. The number of nitrogens with one attached hydrogen (secondary N) is 1. The van der Waals surface area contributed by atoms with E-state index in [2.05, 4.69) is 5.32 Å². The quantitative estimate of drug-likeness (QED) is 0.104. The fourth-order valence-corrected chi connectivity index (χ4v) is 6.54. The van der Waals surface area contributed by atoms with Gasteiger partial charge in [-0.3, -0.25) is 4.90 Å². The number of rotatable bonds is 11. The number of likely N-dealkylation sites (N-methyl/N-ethyl adjacent to an activating group) is 1. The molecule has 42 heavy (non-hydrogen) atoms. The topological polar surface area (TPSA) is 293 Å². The van der Waals surface area contributed by atoms with Crippen LogP contribution >= 0.6 is 0 Å². The normalized spacial score (nSPS) is 48.3. The number of hydrogen-bond acceptors (Lipinski definition) is 17. The summed E-state index contributed by atoms with van der Waals surface area (Å²) < 4.78 is 30.2. The number of nitrogens with zero attached hydrogens (tertiary/aromatic N) is 1. The summed E-state index contributed by atoms with van der Waals surface area (Å²) in [5.74, 6) is 0. The van der Waals surface area contributed by atoms with Crippen LogP contribution in [0, 0.1) is 0 Å². The maximum Gasteiger partial charge on any atom is 0.187 e. The third-order valence-electron chi connectivity index (χ3n) is 8.82. The lowest BCUT2D eigenvalue weighted by molar-refractivity contribution is -0.369. The Hall–Kier alpha value is -0.680. The van der Waals surface area contributed by atoms with Crippen molar-refractivity contribution in [3.05, 3.63) is 0 Å². The summed E-state index contributed by atoms with van der Waals surface area (Å²) in [4.78, 5) is 1.98. The van der Waals surface area contributed by atoms with Crippen molar-refractivity contribution in [3.8, 4) is 0 Å². The number of fused-ring (bicyclic) bond motifs is 1. The Bertz CT molecular complexity index is 832. The van der Waals surface area contributed by atoms with Crippen LogP contribution in [-0.4, -0.2) is 168 Å². The lowest BCUT2D eigenvalue weighted by Crippen LogP contribution is -2.69. The molecule has 0 spiro atoms. The molecule has 10 unspecified atom stereocenters. The summed E-state index contributed by atoms with van der Waals surface area (Å²) in [7, 11) is 1.61. The lowest BCUT2D eigenvalue weighted by atomic mass is 9.84. The SMILES string of the molecule is CNC1C(O[C@H]2OC(CO)[C@@H](N(CCN)CCN)CC2O)O[C@H]2CC(N)[C@@H](O[C@@H]3C(N)C[C@@H](N)C(O)C3O)OC2C1O. The monoisotopic (exact) mass is 609 g/mol. The second kappa shape index (κ2) is 15.1. The highest BCUT2D eigenvalue weighted by Gasteiger charge is 2.53. The van der Waals surface area contributed by atoms with Gasteiger partial charge in [-0.25, -0.2) is 0 Å². The van der Waals surface area contributed by atoms with Gasteiger partial charge in [0.25, 0.3) is 0 Å². The van der Waals surface area contributed by atoms with Crippen LogP contribution in [-0.2, 0) is 23.7 Å². The summed E-state index contributed by atoms with van der Waals surface area (Å²) in [6.07, 6.45) is -10.6. The number of nitrogens with two attached hydrogens (primary N) is 5. The van der Waals surface area contributed by atoms with E-state index in [4.69, 9.17) is 52.4 Å². The summed E-state index contributed by atoms with van der Waals surface area (Å²) in [6, 6.07) is -3.22. The highest BCUT2D eigenvalue weighted by atomic mass is 16.8. The van der Waals surface area contributed by atoms with Gasteiger partial charge < -0.3 is 83.2 Å². The Labute approximate surface area is 245 Å². The van der Waals surface area contributed by atoms with E-state index in [0.29, 0.717) is 26.2 Å². The van der Waals surface area contributed by atoms with Crippen molar-refractivity contribution in [2.75, 3.05) is 39.8 Å². The van der Waals surface area contributed by atoms with Crippen molar-refractivity contribution >= 4 is 0 Å². The Kier molecular flexibility index (Phi) is 12.3. The first-order valence-corrected chi connectivity index (χ1v) is 14.7. The molecule has 4 fully saturated rings. The van der Waals surface area contributed by atoms with Gasteiger partial charge in [-0.1, -0.05) is 0 Å². The van der Waals surface area contributed by atoms with Gasteiger partial charge in [0.15, 0.2) is 18.9 Å². The van der Waals surface area contributed by atoms with Gasteiger partial charge in [-0.15, -0.1) is 0 Å². The number of aliphatic hydroxyl groups excluding tert-OH is 5. The molecule has 246 valence electrons. The Morgan fingerprint density at radius 2 is 1.48 bits per heavy atom. The van der Waals surface area contributed by atoms with Crippen molar-refractivity contribution < 1.29 is 49.2 Å². The first kappa shape index (κ1) is 34.2. The summed E-state index contributed by atoms with van der Waals surface area (Å²) >= 11 is 0. The van der Waals surface area contributed by atoms with E-state index in [1.165, 1.54) is 0 Å². The predicted octanol–water partition coefficient (Wildman–Crippen LogP) is -6.66. The van der Waals surface area contributed by atoms with Crippen LogP contribution in [0.15, 0.2) is 0 Å². The molecule has 3 heterocycles. The molecule has 16 atom stereocenters. The van der Waals surface area contributed by atoms with Crippen LogP contribution in [0.1, 0.15) is 19.3 Å². The maximum absolute atomic E-state index is 11.3. The third kappa shape index (κ3) is 7.24. The third-order valence-corrected chi connectivity index (χ3v) is 8.82. The van der Waals surface area contributed by atoms with Crippen LogP contribution < -0.4 is 34.0 Å². The maximum atomic E-state index is 11.3. The van der Waals surface area contributed by atoms with Gasteiger partial charge in [0.2, 0.25) is 0 Å². The average molecular weight is 610 g/mol. The largest absolute Gasteiger partial charge is 0.394 e. The zero-order chi connectivity index (χ0) is 30.7. The van der Waals surface area contributed by atoms with Crippen molar-refractivity contribution in [3.63, 3.8) is 0 Å². The van der Waals surface area contributed by atoms with E-state index in [-0.39, 0.29) is 31.9 Å². The molecule has 17 nitrogen and oxygen atoms in total. The lowest BCUT2D eigenvalue weighted by Gasteiger charge is -2.51. The molecule has 0 aromatic rings. The number of hydrogen-bond donors (Lipinski definition) is 11. The minimum Gasteiger partial charge on any atom is -0.394 e. The smallest absolute Gasteiger partial charge is 0.187 e. The van der Waals surface area contributed by atoms with E-state index in [1.54, 1.807) is 7.05 Å². The van der Waals surface area contributed by atoms with Crippen molar-refractivity contribution in [1.29, 1.82) is 0 Å². The van der Waals surface area contributed by atoms with E-state index < -0.39 is 91.9 Å². The van der Waals surface area contributed by atoms with Crippen molar-refractivity contribution in [1.82, 2.24) is 10.2 Å². The fraction of sp³-hybridized carbons (Fsp3) is 1.00. The van der Waals surface area contributed by atoms with E-state index >= 15 is 0 Å². The molecule has 0 radical (unpaired) electrons. The number of aliphatic hydroxyl groups is 5. The van der Waals surface area contributed by atoms with Gasteiger partial charge in [0.05, 0.1) is 37.0 Å². The van der Waals surface area contributed by atoms with Gasteiger partial charge in [0, 0.05) is 44.3 Å². The van der Waals surface area contributed by atoms with Crippen LogP contribution in [0.4, 0.5) is 0 Å². The summed E-state index contributed by atoms with van der Waals surface area (Å²) in [5.41, 5.74) is 29.8. The molecule has 1 saturated carbocycles. The van der Waals surface area contributed by atoms with Gasteiger partial charge >= 0.3 is 0 Å². The van der Waals surface area contributed by atoms with Crippen LogP contribution in [0.5, 0.6) is 0 Å². The minimum atomic E-state index is -1.34. The summed E-state index contributed by atoms with van der Waals surface area (Å²) in [6.45, 7) is 1.49. The molecule has 0 aromatic carbocycles. The molecule has 4 rings (SSSR count). The zero-order valence-electron chi connectivity index (χ0n) is 24.0. The highest BCUT2D eigenvalue weighted by Crippen LogP contribution is 2.36. The molecule has 3 saturated heterocycles. The van der Waals surface area contributed by atoms with E-state index in [9.17, 15) is 25.5 Å². The molecule has 0 bridgehead atoms. The first-order chi connectivity index (χ1) is 20.0. The minimum absolute atomic E-state index is 0.200. The van der Waals surface area contributed by atoms with Gasteiger partial charge in [-0.2, -0.15) is 0 Å². The van der Waals surface area contributed by atoms with Crippen molar-refractivity contribution in [2.45, 2.75) is 117 Å². The number of ether oxygens (including phenoxy) is 5. The zero-order valence-corrected chi connectivity index (χ0v) is 24.0. The standard InChI is InChI=1S/C25H51N7O10/c1-31-17-19(36)22-15(7-12(30)23(41-22)40-21-11(29)6-10(28)18(35)20(21)37)38-25(17)42-24-14(34)8-13(16(9-33)39-24)32(4-2-26)5-3-27/h10-25,31,33-37H,2-9,26-30H2,1H3/t10-,11?,12?,13+,14?,15+,16?,17?,18?,19?,20?,21-,22?,23+,24-,25?/m1/s1. The molecule has 4 aliphatic rings. The molecule has 0 amide bonds. The Morgan fingerprint density at radius 1 is 0.786 bits per heavy atom. The van der Waals surface area contributed by atoms with Crippen LogP contribution in [0.25, 0.3) is 0 Å². The fourth-order valence-electron chi connectivity index (χ4n) is 6.54. The van der Waals surface area contributed by atoms with Crippen molar-refractivity contribution in [2.24, 2.45) is 28.7 Å². The highest BCUT2D eigenvalue weighted by molar-refractivity contribution is 5.01. The first-order valence-electron chi connectivity index (χ1n) is 14.7. The Balaban J connectivity index is 1.41. The molecule has 1 aliphatic carbocycles. The van der Waals surface area contributed by atoms with E-state index in [1.807, 2.05) is 4.90 Å². The van der Waals surface area contributed by atoms with Crippen LogP contribution in [0.3, 0.4) is 0 Å². The van der Waals surface area contributed by atoms with Crippen LogP contribution in [0.2, 0.25) is 0 Å². The molecule has 0 aromatic heterocycles. The second-order valence-electron chi connectivity index (χ2n) is 11.7. The second-order valence-corrected chi connectivity index (χ2v) is 11.7. The molecular weight excluding hydrogens is 558 g/mol. The van der Waals surface area contributed by atoms with E-state index in [0.717, 1.165) is 0 Å². The van der Waals surface area contributed by atoms with Gasteiger partial charge in [-0.05, 0) is 26.3 Å². The predicted molar refractivity (Wildman–Crippen MR) is 147 cm³/mol. The molecule has 17 heteroatoms. The molecule has 3 aliphatic heterocycles. The van der Waals surface area contributed by atoms with Gasteiger partial charge in [0.1, 0.15) is 30.5 Å².